The minimum absolute atomic E-state index is 0.380. The van der Waals surface area contributed by atoms with Gasteiger partial charge in [-0.3, -0.25) is 0 Å². The Labute approximate surface area is 140 Å². The first-order chi connectivity index (χ1) is 11.1. The van der Waals surface area contributed by atoms with Gasteiger partial charge in [0.15, 0.2) is 0 Å². The molecule has 2 fully saturated rings. The maximum Gasteiger partial charge on any atom is 0.222 e. The Balaban J connectivity index is 1.51. The van der Waals surface area contributed by atoms with Gasteiger partial charge in [0.1, 0.15) is 0 Å². The predicted molar refractivity (Wildman–Crippen MR) is 95.7 cm³/mol. The molecule has 2 aliphatic rings. The molecule has 0 unspecified atom stereocenters. The molecule has 5 nitrogen and oxygen atoms in total. The normalized spacial score (nSPS) is 26.5. The summed E-state index contributed by atoms with van der Waals surface area (Å²) in [6, 6.07) is 0.854. The fourth-order valence-corrected chi connectivity index (χ4v) is 3.83. The second-order valence-electron chi connectivity index (χ2n) is 7.59. The van der Waals surface area contributed by atoms with Crippen LogP contribution in [0.5, 0.6) is 0 Å². The lowest BCUT2D eigenvalue weighted by Crippen LogP contribution is -2.35. The third kappa shape index (κ3) is 4.34. The minimum atomic E-state index is 0.380. The average Bonchev–Trinajstić information content (AvgIpc) is 2.58. The second kappa shape index (κ2) is 7.47. The second-order valence-corrected chi connectivity index (χ2v) is 7.59. The standard InChI is InChI=1S/C18H31N5/c1-13(2)14-7-9-23(10-8-14)17-11-20-18(21-12-17)22-16-5-3-15(19)4-6-16/h11-16H,3-10,19H2,1-2H3,(H,20,21,22). The SMILES string of the molecule is CC(C)C1CCN(c2cnc(NC3CCC(N)CC3)nc2)CC1. The van der Waals surface area contributed by atoms with E-state index < -0.39 is 0 Å². The number of hydrogen-bond acceptors (Lipinski definition) is 5. The number of piperidine rings is 1. The number of nitrogens with zero attached hydrogens (tertiary/aromatic N) is 3. The van der Waals surface area contributed by atoms with Crippen LogP contribution in [-0.4, -0.2) is 35.1 Å². The molecule has 2 heterocycles. The zero-order valence-electron chi connectivity index (χ0n) is 14.5. The molecule has 0 amide bonds. The Morgan fingerprint density at radius 2 is 1.65 bits per heavy atom. The summed E-state index contributed by atoms with van der Waals surface area (Å²) >= 11 is 0. The number of rotatable bonds is 4. The molecule has 1 saturated heterocycles. The highest BCUT2D eigenvalue weighted by Crippen LogP contribution is 2.27. The molecule has 1 aromatic rings. The molecule has 0 bridgehead atoms. The van der Waals surface area contributed by atoms with Gasteiger partial charge in [0.2, 0.25) is 5.95 Å². The van der Waals surface area contributed by atoms with Gasteiger partial charge in [-0.15, -0.1) is 0 Å². The lowest BCUT2D eigenvalue weighted by Gasteiger charge is -2.35. The van der Waals surface area contributed by atoms with Gasteiger partial charge in [-0.1, -0.05) is 13.8 Å². The Hall–Kier alpha value is -1.36. The third-order valence-electron chi connectivity index (χ3n) is 5.59. The van der Waals surface area contributed by atoms with Crippen LogP contribution in [0.25, 0.3) is 0 Å². The Kier molecular flexibility index (Phi) is 5.36. The first-order valence-corrected chi connectivity index (χ1v) is 9.21. The fourth-order valence-electron chi connectivity index (χ4n) is 3.83. The van der Waals surface area contributed by atoms with Gasteiger partial charge in [0.05, 0.1) is 18.1 Å². The summed E-state index contributed by atoms with van der Waals surface area (Å²) in [5.41, 5.74) is 7.11. The van der Waals surface area contributed by atoms with Crippen LogP contribution in [0.4, 0.5) is 11.6 Å². The average molecular weight is 317 g/mol. The predicted octanol–water partition coefficient (Wildman–Crippen LogP) is 3.03. The number of hydrogen-bond donors (Lipinski definition) is 2. The topological polar surface area (TPSA) is 67.1 Å². The van der Waals surface area contributed by atoms with Crippen molar-refractivity contribution in [3.8, 4) is 0 Å². The van der Waals surface area contributed by atoms with Crippen LogP contribution in [-0.2, 0) is 0 Å². The van der Waals surface area contributed by atoms with E-state index in [0.29, 0.717) is 12.1 Å². The summed E-state index contributed by atoms with van der Waals surface area (Å²) in [5.74, 6) is 2.42. The monoisotopic (exact) mass is 317 g/mol. The Bertz CT molecular complexity index is 471. The van der Waals surface area contributed by atoms with Gasteiger partial charge in [-0.25, -0.2) is 9.97 Å². The highest BCUT2D eigenvalue weighted by Gasteiger charge is 2.22. The highest BCUT2D eigenvalue weighted by atomic mass is 15.2. The maximum atomic E-state index is 5.96. The molecule has 128 valence electrons. The van der Waals surface area contributed by atoms with Gasteiger partial charge in [-0.2, -0.15) is 0 Å². The Morgan fingerprint density at radius 1 is 1.04 bits per heavy atom. The van der Waals surface area contributed by atoms with E-state index in [0.717, 1.165) is 62.2 Å². The Morgan fingerprint density at radius 3 is 2.22 bits per heavy atom. The summed E-state index contributed by atoms with van der Waals surface area (Å²) in [4.78, 5) is 11.5. The molecule has 1 aliphatic heterocycles. The van der Waals surface area contributed by atoms with E-state index in [1.165, 1.54) is 12.8 Å². The molecule has 1 saturated carbocycles. The summed E-state index contributed by atoms with van der Waals surface area (Å²) in [5, 5.41) is 3.46. The molecular weight excluding hydrogens is 286 g/mol. The van der Waals surface area contributed by atoms with Crippen molar-refractivity contribution in [2.24, 2.45) is 17.6 Å². The van der Waals surface area contributed by atoms with Crippen LogP contribution in [0, 0.1) is 11.8 Å². The van der Waals surface area contributed by atoms with E-state index in [1.54, 1.807) is 0 Å². The van der Waals surface area contributed by atoms with E-state index in [1.807, 2.05) is 12.4 Å². The van der Waals surface area contributed by atoms with Crippen molar-refractivity contribution in [2.75, 3.05) is 23.3 Å². The molecule has 0 aromatic carbocycles. The van der Waals surface area contributed by atoms with Gasteiger partial charge < -0.3 is 16.0 Å². The molecule has 23 heavy (non-hydrogen) atoms. The first kappa shape index (κ1) is 16.5. The van der Waals surface area contributed by atoms with Gasteiger partial charge in [-0.05, 0) is 50.4 Å². The van der Waals surface area contributed by atoms with Gasteiger partial charge in [0, 0.05) is 25.2 Å². The summed E-state index contributed by atoms with van der Waals surface area (Å²) in [7, 11) is 0. The van der Waals surface area contributed by atoms with Crippen LogP contribution in [0.15, 0.2) is 12.4 Å². The minimum Gasteiger partial charge on any atom is -0.369 e. The number of anilines is 2. The van der Waals surface area contributed by atoms with Crippen molar-refractivity contribution in [3.63, 3.8) is 0 Å². The molecule has 1 aliphatic carbocycles. The largest absolute Gasteiger partial charge is 0.369 e. The number of aromatic nitrogens is 2. The van der Waals surface area contributed by atoms with Crippen LogP contribution in [0.2, 0.25) is 0 Å². The first-order valence-electron chi connectivity index (χ1n) is 9.21. The smallest absolute Gasteiger partial charge is 0.222 e. The zero-order chi connectivity index (χ0) is 16.2. The van der Waals surface area contributed by atoms with Crippen molar-refractivity contribution in [1.82, 2.24) is 9.97 Å². The van der Waals surface area contributed by atoms with Gasteiger partial charge >= 0.3 is 0 Å². The van der Waals surface area contributed by atoms with Crippen LogP contribution < -0.4 is 16.0 Å². The lowest BCUT2D eigenvalue weighted by atomic mass is 9.87. The summed E-state index contributed by atoms with van der Waals surface area (Å²) < 4.78 is 0. The van der Waals surface area contributed by atoms with E-state index >= 15 is 0 Å². The van der Waals surface area contributed by atoms with Crippen LogP contribution >= 0.6 is 0 Å². The van der Waals surface area contributed by atoms with E-state index in [4.69, 9.17) is 5.73 Å². The van der Waals surface area contributed by atoms with Crippen molar-refractivity contribution in [2.45, 2.75) is 64.5 Å². The van der Waals surface area contributed by atoms with Crippen molar-refractivity contribution in [1.29, 1.82) is 0 Å². The molecule has 0 atom stereocenters. The third-order valence-corrected chi connectivity index (χ3v) is 5.59. The van der Waals surface area contributed by atoms with E-state index in [-0.39, 0.29) is 0 Å². The maximum absolute atomic E-state index is 5.96. The van der Waals surface area contributed by atoms with E-state index in [9.17, 15) is 0 Å². The molecule has 5 heteroatoms. The van der Waals surface area contributed by atoms with Crippen molar-refractivity contribution in [3.05, 3.63) is 12.4 Å². The van der Waals surface area contributed by atoms with Crippen LogP contribution in [0.1, 0.15) is 52.4 Å². The fraction of sp³-hybridized carbons (Fsp3) is 0.778. The van der Waals surface area contributed by atoms with Crippen molar-refractivity contribution < 1.29 is 0 Å². The van der Waals surface area contributed by atoms with Crippen molar-refractivity contribution >= 4 is 11.6 Å². The molecule has 3 N–H and O–H groups in total. The zero-order valence-corrected chi connectivity index (χ0v) is 14.5. The number of nitrogens with one attached hydrogen (secondary N) is 1. The summed E-state index contributed by atoms with van der Waals surface area (Å²) in [6.45, 7) is 6.92. The molecule has 1 aromatic heterocycles. The summed E-state index contributed by atoms with van der Waals surface area (Å²) in [6.07, 6.45) is 10.9. The van der Waals surface area contributed by atoms with Gasteiger partial charge in [0.25, 0.3) is 0 Å². The highest BCUT2D eigenvalue weighted by molar-refractivity contribution is 5.45. The van der Waals surface area contributed by atoms with Crippen LogP contribution in [0.3, 0.4) is 0 Å². The molecule has 3 rings (SSSR count). The number of nitrogens with two attached hydrogens (primary N) is 1. The molecule has 0 radical (unpaired) electrons. The quantitative estimate of drug-likeness (QED) is 0.893. The molecule has 0 spiro atoms. The molecular formula is C18H31N5. The van der Waals surface area contributed by atoms with E-state index in [2.05, 4.69) is 34.0 Å². The lowest BCUT2D eigenvalue weighted by molar-refractivity contribution is 0.311.